The summed E-state index contributed by atoms with van der Waals surface area (Å²) < 4.78 is 0. The minimum Gasteiger partial charge on any atom is -0.383 e. The molecule has 0 amide bonds. The molecule has 2 N–H and O–H groups in total. The molecule has 0 unspecified atom stereocenters. The van der Waals surface area contributed by atoms with Crippen LogP contribution < -0.4 is 5.73 Å². The predicted molar refractivity (Wildman–Crippen MR) is 54.5 cm³/mol. The van der Waals surface area contributed by atoms with Crippen LogP contribution in [0.1, 0.15) is 5.56 Å². The van der Waals surface area contributed by atoms with Gasteiger partial charge in [0.1, 0.15) is 12.1 Å². The van der Waals surface area contributed by atoms with Crippen LogP contribution >= 0.6 is 11.3 Å². The second-order valence-electron chi connectivity index (χ2n) is 2.71. The van der Waals surface area contributed by atoms with Crippen molar-refractivity contribution in [2.45, 2.75) is 6.92 Å². The summed E-state index contributed by atoms with van der Waals surface area (Å²) in [6.45, 7) is 1.93. The molecule has 4 heteroatoms. The van der Waals surface area contributed by atoms with E-state index in [2.05, 4.69) is 9.97 Å². The lowest BCUT2D eigenvalue weighted by Crippen LogP contribution is -1.97. The summed E-state index contributed by atoms with van der Waals surface area (Å²) in [5.41, 5.74) is 7.56. The van der Waals surface area contributed by atoms with Gasteiger partial charge in [-0.2, -0.15) is 0 Å². The maximum absolute atomic E-state index is 5.68. The predicted octanol–water partition coefficient (Wildman–Crippen LogP) is 2.10. The minimum atomic E-state index is 0.554. The Kier molecular flexibility index (Phi) is 1.98. The molecule has 0 aliphatic heterocycles. The van der Waals surface area contributed by atoms with Gasteiger partial charge < -0.3 is 5.73 Å². The standard InChI is InChI=1S/C9H9N3S/c1-6-8(7-3-2-4-13-7)11-5-12-9(6)10/h2-5H,1H3,(H2,10,11,12). The van der Waals surface area contributed by atoms with Gasteiger partial charge >= 0.3 is 0 Å². The molecule has 0 bridgehead atoms. The van der Waals surface area contributed by atoms with Crippen molar-refractivity contribution in [3.8, 4) is 10.6 Å². The van der Waals surface area contributed by atoms with Crippen LogP contribution in [0.2, 0.25) is 0 Å². The highest BCUT2D eigenvalue weighted by molar-refractivity contribution is 7.13. The third-order valence-corrected chi connectivity index (χ3v) is 2.75. The largest absolute Gasteiger partial charge is 0.383 e. The lowest BCUT2D eigenvalue weighted by atomic mass is 10.2. The zero-order valence-electron chi connectivity index (χ0n) is 7.19. The van der Waals surface area contributed by atoms with Crippen LogP contribution in [-0.2, 0) is 0 Å². The molecule has 2 rings (SSSR count). The van der Waals surface area contributed by atoms with Crippen LogP contribution in [0.15, 0.2) is 23.8 Å². The maximum Gasteiger partial charge on any atom is 0.130 e. The van der Waals surface area contributed by atoms with Crippen molar-refractivity contribution in [3.05, 3.63) is 29.4 Å². The Morgan fingerprint density at radius 1 is 1.38 bits per heavy atom. The molecule has 0 aliphatic carbocycles. The topological polar surface area (TPSA) is 51.8 Å². The molecule has 0 aromatic carbocycles. The summed E-state index contributed by atoms with van der Waals surface area (Å²) in [5, 5.41) is 2.02. The summed E-state index contributed by atoms with van der Waals surface area (Å²) >= 11 is 1.65. The van der Waals surface area contributed by atoms with Gasteiger partial charge in [-0.25, -0.2) is 9.97 Å². The van der Waals surface area contributed by atoms with Crippen LogP contribution in [0.5, 0.6) is 0 Å². The number of anilines is 1. The van der Waals surface area contributed by atoms with E-state index < -0.39 is 0 Å². The van der Waals surface area contributed by atoms with Crippen LogP contribution in [0, 0.1) is 6.92 Å². The number of rotatable bonds is 1. The van der Waals surface area contributed by atoms with Crippen molar-refractivity contribution >= 4 is 17.2 Å². The fourth-order valence-corrected chi connectivity index (χ4v) is 1.90. The first kappa shape index (κ1) is 8.19. The van der Waals surface area contributed by atoms with Gasteiger partial charge in [0.05, 0.1) is 10.6 Å². The Bertz CT molecular complexity index is 409. The Balaban J connectivity index is 2.59. The Hall–Kier alpha value is -1.42. The van der Waals surface area contributed by atoms with Crippen LogP contribution in [0.25, 0.3) is 10.6 Å². The molecule has 0 saturated heterocycles. The second kappa shape index (κ2) is 3.14. The first-order valence-electron chi connectivity index (χ1n) is 3.90. The molecule has 0 atom stereocenters. The van der Waals surface area contributed by atoms with Crippen molar-refractivity contribution in [2.24, 2.45) is 0 Å². The number of nitrogens with zero attached hydrogens (tertiary/aromatic N) is 2. The number of hydrogen-bond acceptors (Lipinski definition) is 4. The SMILES string of the molecule is Cc1c(N)ncnc1-c1cccs1. The summed E-state index contributed by atoms with van der Waals surface area (Å²) in [5.74, 6) is 0.554. The van der Waals surface area contributed by atoms with E-state index in [1.54, 1.807) is 11.3 Å². The van der Waals surface area contributed by atoms with Gasteiger partial charge in [0, 0.05) is 5.56 Å². The van der Waals surface area contributed by atoms with Gasteiger partial charge in [0.15, 0.2) is 0 Å². The van der Waals surface area contributed by atoms with E-state index in [1.165, 1.54) is 6.33 Å². The van der Waals surface area contributed by atoms with Crippen molar-refractivity contribution in [2.75, 3.05) is 5.73 Å². The molecule has 66 valence electrons. The zero-order chi connectivity index (χ0) is 9.26. The van der Waals surface area contributed by atoms with Crippen LogP contribution in [-0.4, -0.2) is 9.97 Å². The summed E-state index contributed by atoms with van der Waals surface area (Å²) in [6, 6.07) is 4.02. The van der Waals surface area contributed by atoms with Crippen molar-refractivity contribution in [1.29, 1.82) is 0 Å². The van der Waals surface area contributed by atoms with E-state index in [1.807, 2.05) is 24.4 Å². The fraction of sp³-hybridized carbons (Fsp3) is 0.111. The van der Waals surface area contributed by atoms with E-state index in [9.17, 15) is 0 Å². The van der Waals surface area contributed by atoms with Crippen molar-refractivity contribution in [1.82, 2.24) is 9.97 Å². The first-order chi connectivity index (χ1) is 6.29. The molecule has 0 aliphatic rings. The average Bonchev–Trinajstić information content (AvgIpc) is 2.62. The molecule has 2 aromatic rings. The second-order valence-corrected chi connectivity index (χ2v) is 3.66. The number of nitrogen functional groups attached to an aromatic ring is 1. The van der Waals surface area contributed by atoms with Gasteiger partial charge in [-0.05, 0) is 18.4 Å². The fourth-order valence-electron chi connectivity index (χ4n) is 1.13. The highest BCUT2D eigenvalue weighted by atomic mass is 32.1. The molecule has 0 fully saturated rings. The smallest absolute Gasteiger partial charge is 0.130 e. The van der Waals surface area contributed by atoms with Gasteiger partial charge in [-0.1, -0.05) is 6.07 Å². The van der Waals surface area contributed by atoms with Gasteiger partial charge in [0.2, 0.25) is 0 Å². The average molecular weight is 191 g/mol. The Labute approximate surface area is 80.3 Å². The van der Waals surface area contributed by atoms with E-state index in [0.29, 0.717) is 5.82 Å². The number of hydrogen-bond donors (Lipinski definition) is 1. The van der Waals surface area contributed by atoms with Gasteiger partial charge in [0.25, 0.3) is 0 Å². The molecule has 2 aromatic heterocycles. The Morgan fingerprint density at radius 3 is 2.92 bits per heavy atom. The molecular weight excluding hydrogens is 182 g/mol. The van der Waals surface area contributed by atoms with Crippen LogP contribution in [0.3, 0.4) is 0 Å². The minimum absolute atomic E-state index is 0.554. The molecule has 2 heterocycles. The molecule has 3 nitrogen and oxygen atoms in total. The number of nitrogens with two attached hydrogens (primary N) is 1. The zero-order valence-corrected chi connectivity index (χ0v) is 8.01. The third kappa shape index (κ3) is 1.40. The van der Waals surface area contributed by atoms with Gasteiger partial charge in [-0.3, -0.25) is 0 Å². The lowest BCUT2D eigenvalue weighted by molar-refractivity contribution is 1.15. The van der Waals surface area contributed by atoms with E-state index in [4.69, 9.17) is 5.73 Å². The molecule has 0 saturated carbocycles. The molecular formula is C9H9N3S. The van der Waals surface area contributed by atoms with E-state index in [0.717, 1.165) is 16.1 Å². The van der Waals surface area contributed by atoms with E-state index in [-0.39, 0.29) is 0 Å². The first-order valence-corrected chi connectivity index (χ1v) is 4.78. The monoisotopic (exact) mass is 191 g/mol. The number of aromatic nitrogens is 2. The summed E-state index contributed by atoms with van der Waals surface area (Å²) in [6.07, 6.45) is 1.50. The highest BCUT2D eigenvalue weighted by Gasteiger charge is 2.06. The number of thiophene rings is 1. The Morgan fingerprint density at radius 2 is 2.23 bits per heavy atom. The molecule has 0 radical (unpaired) electrons. The molecule has 0 spiro atoms. The quantitative estimate of drug-likeness (QED) is 0.751. The highest BCUT2D eigenvalue weighted by Crippen LogP contribution is 2.26. The van der Waals surface area contributed by atoms with Crippen molar-refractivity contribution in [3.63, 3.8) is 0 Å². The third-order valence-electron chi connectivity index (χ3n) is 1.88. The molecule has 13 heavy (non-hydrogen) atoms. The summed E-state index contributed by atoms with van der Waals surface area (Å²) in [7, 11) is 0. The lowest BCUT2D eigenvalue weighted by Gasteiger charge is -2.02. The summed E-state index contributed by atoms with van der Waals surface area (Å²) in [4.78, 5) is 9.25. The van der Waals surface area contributed by atoms with Gasteiger partial charge in [-0.15, -0.1) is 11.3 Å². The maximum atomic E-state index is 5.68. The normalized spacial score (nSPS) is 10.2. The van der Waals surface area contributed by atoms with Crippen LogP contribution in [0.4, 0.5) is 5.82 Å². The van der Waals surface area contributed by atoms with Crippen molar-refractivity contribution < 1.29 is 0 Å². The van der Waals surface area contributed by atoms with E-state index >= 15 is 0 Å².